The smallest absolute Gasteiger partial charge is 0.326 e. The third-order valence-corrected chi connectivity index (χ3v) is 3.15. The summed E-state index contributed by atoms with van der Waals surface area (Å²) in [7, 11) is 0. The summed E-state index contributed by atoms with van der Waals surface area (Å²) in [5.74, 6) is -4.58. The van der Waals surface area contributed by atoms with E-state index < -0.39 is 35.5 Å². The topological polar surface area (TPSA) is 66.4 Å². The van der Waals surface area contributed by atoms with Crippen LogP contribution in [0.3, 0.4) is 0 Å². The van der Waals surface area contributed by atoms with Crippen LogP contribution >= 0.6 is 0 Å². The van der Waals surface area contributed by atoms with Gasteiger partial charge in [0, 0.05) is 5.56 Å². The van der Waals surface area contributed by atoms with Crippen LogP contribution in [0, 0.1) is 17.6 Å². The zero-order valence-electron chi connectivity index (χ0n) is 12.2. The molecule has 0 spiro atoms. The molecule has 0 fully saturated rings. The number of carbonyl (C=O) groups excluding carboxylic acids is 1. The molecule has 1 aromatic rings. The Balaban J connectivity index is 2.89. The maximum Gasteiger partial charge on any atom is 0.326 e. The van der Waals surface area contributed by atoms with Crippen molar-refractivity contribution in [2.24, 2.45) is 5.92 Å². The van der Waals surface area contributed by atoms with Crippen molar-refractivity contribution < 1.29 is 23.5 Å². The van der Waals surface area contributed by atoms with E-state index in [1.165, 1.54) is 13.0 Å². The molecule has 6 heteroatoms. The van der Waals surface area contributed by atoms with Gasteiger partial charge in [-0.05, 0) is 31.4 Å². The summed E-state index contributed by atoms with van der Waals surface area (Å²) in [6.45, 7) is 4.98. The van der Waals surface area contributed by atoms with E-state index in [1.807, 2.05) is 13.8 Å². The van der Waals surface area contributed by atoms with Crippen LogP contribution < -0.4 is 5.32 Å². The van der Waals surface area contributed by atoms with E-state index in [4.69, 9.17) is 5.11 Å². The minimum absolute atomic E-state index is 0.0619. The molecule has 0 aliphatic heterocycles. The first-order valence-electron chi connectivity index (χ1n) is 6.71. The second-order valence-electron chi connectivity index (χ2n) is 5.39. The van der Waals surface area contributed by atoms with Crippen LogP contribution in [0.5, 0.6) is 0 Å². The van der Waals surface area contributed by atoms with Crippen LogP contribution in [0.4, 0.5) is 8.78 Å². The van der Waals surface area contributed by atoms with Crippen molar-refractivity contribution in [1.82, 2.24) is 5.32 Å². The Morgan fingerprint density at radius 2 is 1.71 bits per heavy atom. The van der Waals surface area contributed by atoms with E-state index in [1.54, 1.807) is 0 Å². The van der Waals surface area contributed by atoms with Crippen LogP contribution in [0.1, 0.15) is 38.7 Å². The highest BCUT2D eigenvalue weighted by Crippen LogP contribution is 2.22. The highest BCUT2D eigenvalue weighted by Gasteiger charge is 2.27. The fourth-order valence-corrected chi connectivity index (χ4v) is 2.05. The van der Waals surface area contributed by atoms with Gasteiger partial charge in [0.15, 0.2) is 0 Å². The molecule has 0 aliphatic rings. The number of rotatable bonds is 6. The number of carboxylic acids is 1. The van der Waals surface area contributed by atoms with Crippen molar-refractivity contribution in [3.8, 4) is 0 Å². The lowest BCUT2D eigenvalue weighted by Gasteiger charge is -2.20. The van der Waals surface area contributed by atoms with Crippen LogP contribution in [-0.4, -0.2) is 23.0 Å². The number of hydrogen-bond donors (Lipinski definition) is 2. The first-order chi connectivity index (χ1) is 9.73. The van der Waals surface area contributed by atoms with Crippen LogP contribution in [0.2, 0.25) is 0 Å². The van der Waals surface area contributed by atoms with Gasteiger partial charge in [-0.3, -0.25) is 4.79 Å². The number of aliphatic carboxylic acids is 1. The van der Waals surface area contributed by atoms with Crippen molar-refractivity contribution >= 4 is 11.9 Å². The molecule has 4 nitrogen and oxygen atoms in total. The Morgan fingerprint density at radius 1 is 1.19 bits per heavy atom. The summed E-state index contributed by atoms with van der Waals surface area (Å²) in [5.41, 5.74) is -0.358. The van der Waals surface area contributed by atoms with Crippen LogP contribution in [0.25, 0.3) is 0 Å². The summed E-state index contributed by atoms with van der Waals surface area (Å²) in [6, 6.07) is 2.25. The highest BCUT2D eigenvalue weighted by atomic mass is 19.1. The van der Waals surface area contributed by atoms with Crippen molar-refractivity contribution in [3.63, 3.8) is 0 Å². The molecule has 0 aliphatic carbocycles. The van der Waals surface area contributed by atoms with Crippen molar-refractivity contribution in [3.05, 3.63) is 35.4 Å². The molecule has 2 N–H and O–H groups in total. The van der Waals surface area contributed by atoms with Crippen molar-refractivity contribution in [2.45, 2.75) is 39.2 Å². The number of carbonyl (C=O) groups is 2. The van der Waals surface area contributed by atoms with E-state index in [2.05, 4.69) is 5.32 Å². The standard InChI is InChI=1S/C15H19F2NO3/c1-8(2)7-12(15(20)21)18-14(19)9(3)13-10(16)5-4-6-11(13)17/h4-6,8-9,12H,7H2,1-3H3,(H,18,19)(H,20,21)/t9?,12-/m1/s1. The van der Waals surface area contributed by atoms with Crippen LogP contribution in [-0.2, 0) is 9.59 Å². The van der Waals surface area contributed by atoms with E-state index in [-0.39, 0.29) is 17.9 Å². The molecule has 1 unspecified atom stereocenters. The molecule has 0 saturated carbocycles. The van der Waals surface area contributed by atoms with Gasteiger partial charge in [0.05, 0.1) is 5.92 Å². The maximum absolute atomic E-state index is 13.6. The molecule has 0 bridgehead atoms. The minimum atomic E-state index is -1.17. The number of hydrogen-bond acceptors (Lipinski definition) is 2. The Morgan fingerprint density at radius 3 is 2.14 bits per heavy atom. The van der Waals surface area contributed by atoms with Gasteiger partial charge < -0.3 is 10.4 Å². The van der Waals surface area contributed by atoms with E-state index >= 15 is 0 Å². The van der Waals surface area contributed by atoms with Gasteiger partial charge >= 0.3 is 5.97 Å². The van der Waals surface area contributed by atoms with Gasteiger partial charge in [-0.2, -0.15) is 0 Å². The number of nitrogens with one attached hydrogen (secondary N) is 1. The van der Waals surface area contributed by atoms with E-state index in [9.17, 15) is 18.4 Å². The van der Waals surface area contributed by atoms with Gasteiger partial charge in [0.25, 0.3) is 0 Å². The summed E-state index contributed by atoms with van der Waals surface area (Å²) >= 11 is 0. The first kappa shape index (κ1) is 17.1. The first-order valence-corrected chi connectivity index (χ1v) is 6.71. The molecule has 116 valence electrons. The molecular formula is C15H19F2NO3. The molecule has 0 radical (unpaired) electrons. The van der Waals surface area contributed by atoms with E-state index in [0.29, 0.717) is 0 Å². The number of amides is 1. The third kappa shape index (κ3) is 4.51. The molecule has 21 heavy (non-hydrogen) atoms. The van der Waals surface area contributed by atoms with Gasteiger partial charge in [0.2, 0.25) is 5.91 Å². The zero-order chi connectivity index (χ0) is 16.2. The Hall–Kier alpha value is -1.98. The lowest BCUT2D eigenvalue weighted by Crippen LogP contribution is -2.43. The lowest BCUT2D eigenvalue weighted by molar-refractivity contribution is -0.142. The van der Waals surface area contributed by atoms with Gasteiger partial charge in [0.1, 0.15) is 17.7 Å². The number of benzene rings is 1. The predicted molar refractivity (Wildman–Crippen MR) is 73.8 cm³/mol. The molecule has 0 saturated heterocycles. The lowest BCUT2D eigenvalue weighted by atomic mass is 9.97. The molecule has 2 atom stereocenters. The normalized spacial score (nSPS) is 13.8. The molecule has 1 aromatic carbocycles. The molecule has 1 amide bonds. The summed E-state index contributed by atoms with van der Waals surface area (Å²) in [5, 5.41) is 11.4. The maximum atomic E-state index is 13.6. The largest absolute Gasteiger partial charge is 0.480 e. The third-order valence-electron chi connectivity index (χ3n) is 3.15. The van der Waals surface area contributed by atoms with Crippen LogP contribution in [0.15, 0.2) is 18.2 Å². The fraction of sp³-hybridized carbons (Fsp3) is 0.467. The van der Waals surface area contributed by atoms with Gasteiger partial charge in [-0.1, -0.05) is 19.9 Å². The second-order valence-corrected chi connectivity index (χ2v) is 5.39. The Kier molecular flexibility index (Phi) is 5.81. The zero-order valence-corrected chi connectivity index (χ0v) is 12.2. The fourth-order valence-electron chi connectivity index (χ4n) is 2.05. The average molecular weight is 299 g/mol. The van der Waals surface area contributed by atoms with Crippen molar-refractivity contribution in [1.29, 1.82) is 0 Å². The summed E-state index contributed by atoms with van der Waals surface area (Å²) < 4.78 is 27.3. The molecular weight excluding hydrogens is 280 g/mol. The van der Waals surface area contributed by atoms with Gasteiger partial charge in [-0.25, -0.2) is 13.6 Å². The minimum Gasteiger partial charge on any atom is -0.480 e. The number of halogens is 2. The Bertz CT molecular complexity index is 511. The van der Waals surface area contributed by atoms with E-state index in [0.717, 1.165) is 12.1 Å². The quantitative estimate of drug-likeness (QED) is 0.848. The number of carboxylic acid groups (broad SMARTS) is 1. The predicted octanol–water partition coefficient (Wildman–Crippen LogP) is 2.68. The molecule has 0 aromatic heterocycles. The second kappa shape index (κ2) is 7.15. The molecule has 0 heterocycles. The summed E-state index contributed by atoms with van der Waals surface area (Å²) in [6.07, 6.45) is 0.244. The molecule has 1 rings (SSSR count). The summed E-state index contributed by atoms with van der Waals surface area (Å²) in [4.78, 5) is 23.1. The van der Waals surface area contributed by atoms with Gasteiger partial charge in [-0.15, -0.1) is 0 Å². The SMILES string of the molecule is CC(C)C[C@@H](NC(=O)C(C)c1c(F)cccc1F)C(=O)O. The van der Waals surface area contributed by atoms with Crippen molar-refractivity contribution in [2.75, 3.05) is 0 Å². The monoisotopic (exact) mass is 299 g/mol. The average Bonchev–Trinajstić information content (AvgIpc) is 2.36. The highest BCUT2D eigenvalue weighted by molar-refractivity contribution is 5.87. The Labute approximate surface area is 122 Å².